The molecule has 0 N–H and O–H groups in total. The minimum absolute atomic E-state index is 0.206. The summed E-state index contributed by atoms with van der Waals surface area (Å²) in [4.78, 5) is 16.0. The lowest BCUT2D eigenvalue weighted by Gasteiger charge is -2.25. The predicted octanol–water partition coefficient (Wildman–Crippen LogP) is 0.431. The number of likely N-dealkylation sites (N-methyl/N-ethyl adjacent to an activating group) is 1. The van der Waals surface area contributed by atoms with Gasteiger partial charge < -0.3 is 4.74 Å². The fourth-order valence-corrected chi connectivity index (χ4v) is 0.549. The summed E-state index contributed by atoms with van der Waals surface area (Å²) in [6, 6.07) is 0. The average molecular weight is 161 g/mol. The highest BCUT2D eigenvalue weighted by molar-refractivity contribution is 5.83. The SMILES string of the molecule is CON(C)C(=O)C(C)(C)OC. The molecule has 66 valence electrons. The van der Waals surface area contributed by atoms with E-state index in [9.17, 15) is 4.79 Å². The number of hydrogen-bond acceptors (Lipinski definition) is 3. The molecule has 0 fully saturated rings. The summed E-state index contributed by atoms with van der Waals surface area (Å²) in [6.45, 7) is 3.37. The maximum Gasteiger partial charge on any atom is 0.277 e. The summed E-state index contributed by atoms with van der Waals surface area (Å²) < 4.78 is 4.95. The summed E-state index contributed by atoms with van der Waals surface area (Å²) in [6.07, 6.45) is 0. The van der Waals surface area contributed by atoms with Gasteiger partial charge in [-0.25, -0.2) is 5.06 Å². The van der Waals surface area contributed by atoms with Crippen LogP contribution < -0.4 is 0 Å². The van der Waals surface area contributed by atoms with Gasteiger partial charge in [0.1, 0.15) is 5.60 Å². The van der Waals surface area contributed by atoms with E-state index < -0.39 is 5.60 Å². The molecule has 0 unspecified atom stereocenters. The van der Waals surface area contributed by atoms with Gasteiger partial charge in [0.15, 0.2) is 0 Å². The van der Waals surface area contributed by atoms with E-state index in [2.05, 4.69) is 0 Å². The Morgan fingerprint density at radius 2 is 1.82 bits per heavy atom. The lowest BCUT2D eigenvalue weighted by molar-refractivity contribution is -0.188. The van der Waals surface area contributed by atoms with E-state index in [0.29, 0.717) is 0 Å². The second-order valence-electron chi connectivity index (χ2n) is 2.70. The molecule has 1 amide bonds. The fraction of sp³-hybridized carbons (Fsp3) is 0.857. The largest absolute Gasteiger partial charge is 0.369 e. The number of carbonyl (C=O) groups is 1. The molecule has 0 aromatic carbocycles. The second-order valence-corrected chi connectivity index (χ2v) is 2.70. The van der Waals surface area contributed by atoms with Gasteiger partial charge in [-0.2, -0.15) is 0 Å². The van der Waals surface area contributed by atoms with Crippen molar-refractivity contribution in [2.45, 2.75) is 19.4 Å². The van der Waals surface area contributed by atoms with Crippen molar-refractivity contribution in [1.82, 2.24) is 5.06 Å². The third-order valence-electron chi connectivity index (χ3n) is 1.59. The van der Waals surface area contributed by atoms with Crippen molar-refractivity contribution in [2.24, 2.45) is 0 Å². The summed E-state index contributed by atoms with van der Waals surface area (Å²) in [5, 5.41) is 1.14. The monoisotopic (exact) mass is 161 g/mol. The molecular weight excluding hydrogens is 146 g/mol. The number of hydroxylamine groups is 2. The fourth-order valence-electron chi connectivity index (χ4n) is 0.549. The highest BCUT2D eigenvalue weighted by Crippen LogP contribution is 2.10. The van der Waals surface area contributed by atoms with Crippen LogP contribution >= 0.6 is 0 Å². The van der Waals surface area contributed by atoms with Gasteiger partial charge >= 0.3 is 0 Å². The van der Waals surface area contributed by atoms with Gasteiger partial charge in [0.25, 0.3) is 5.91 Å². The van der Waals surface area contributed by atoms with Crippen LogP contribution in [0.25, 0.3) is 0 Å². The first-order chi connectivity index (χ1) is 4.95. The first-order valence-electron chi connectivity index (χ1n) is 3.33. The average Bonchev–Trinajstić information content (AvgIpc) is 2.01. The molecule has 0 aliphatic carbocycles. The summed E-state index contributed by atoms with van der Waals surface area (Å²) >= 11 is 0. The van der Waals surface area contributed by atoms with E-state index in [1.807, 2.05) is 0 Å². The van der Waals surface area contributed by atoms with Gasteiger partial charge in [0.05, 0.1) is 7.11 Å². The maximum atomic E-state index is 11.3. The van der Waals surface area contributed by atoms with Crippen molar-refractivity contribution < 1.29 is 14.4 Å². The normalized spacial score (nSPS) is 11.4. The van der Waals surface area contributed by atoms with Crippen LogP contribution in [0.4, 0.5) is 0 Å². The second kappa shape index (κ2) is 3.69. The number of rotatable bonds is 3. The standard InChI is InChI=1S/C7H15NO3/c1-7(2,10-4)6(9)8(3)11-5/h1-5H3. The van der Waals surface area contributed by atoms with Crippen molar-refractivity contribution in [2.75, 3.05) is 21.3 Å². The van der Waals surface area contributed by atoms with Crippen molar-refractivity contribution in [1.29, 1.82) is 0 Å². The number of carbonyl (C=O) groups excluding carboxylic acids is 1. The van der Waals surface area contributed by atoms with E-state index in [0.717, 1.165) is 5.06 Å². The number of nitrogens with zero attached hydrogens (tertiary/aromatic N) is 1. The van der Waals surface area contributed by atoms with E-state index in [1.165, 1.54) is 14.2 Å². The van der Waals surface area contributed by atoms with Crippen molar-refractivity contribution in [3.05, 3.63) is 0 Å². The van der Waals surface area contributed by atoms with Crippen LogP contribution in [0.3, 0.4) is 0 Å². The van der Waals surface area contributed by atoms with Crippen molar-refractivity contribution in [3.63, 3.8) is 0 Å². The van der Waals surface area contributed by atoms with Crippen LogP contribution in [0.15, 0.2) is 0 Å². The van der Waals surface area contributed by atoms with E-state index in [1.54, 1.807) is 20.9 Å². The molecule has 0 radical (unpaired) electrons. The molecule has 0 aromatic rings. The topological polar surface area (TPSA) is 38.8 Å². The zero-order valence-electron chi connectivity index (χ0n) is 7.67. The third-order valence-corrected chi connectivity index (χ3v) is 1.59. The molecule has 11 heavy (non-hydrogen) atoms. The lowest BCUT2D eigenvalue weighted by Crippen LogP contribution is -2.44. The molecule has 0 atom stereocenters. The number of ether oxygens (including phenoxy) is 1. The minimum atomic E-state index is -0.815. The van der Waals surface area contributed by atoms with E-state index in [-0.39, 0.29) is 5.91 Å². The molecule has 0 spiro atoms. The Kier molecular flexibility index (Phi) is 3.48. The molecule has 0 aliphatic rings. The highest BCUT2D eigenvalue weighted by atomic mass is 16.7. The Bertz CT molecular complexity index is 145. The molecule has 0 aliphatic heterocycles. The molecule has 0 heterocycles. The van der Waals surface area contributed by atoms with Crippen molar-refractivity contribution >= 4 is 5.91 Å². The quantitative estimate of drug-likeness (QED) is 0.563. The first kappa shape index (κ1) is 10.4. The lowest BCUT2D eigenvalue weighted by atomic mass is 10.1. The molecule has 4 nitrogen and oxygen atoms in total. The molecule has 0 bridgehead atoms. The number of hydrogen-bond donors (Lipinski definition) is 0. The van der Waals surface area contributed by atoms with Crippen LogP contribution in [-0.4, -0.2) is 37.8 Å². The number of methoxy groups -OCH3 is 1. The zero-order chi connectivity index (χ0) is 9.07. The van der Waals surface area contributed by atoms with Gasteiger partial charge in [-0.05, 0) is 13.8 Å². The summed E-state index contributed by atoms with van der Waals surface area (Å²) in [5.74, 6) is -0.206. The van der Waals surface area contributed by atoms with Crippen LogP contribution in [0, 0.1) is 0 Å². The first-order valence-corrected chi connectivity index (χ1v) is 3.33. The predicted molar refractivity (Wildman–Crippen MR) is 40.9 cm³/mol. The molecule has 0 rings (SSSR count). The number of amides is 1. The van der Waals surface area contributed by atoms with Crippen LogP contribution in [0.1, 0.15) is 13.8 Å². The summed E-state index contributed by atoms with van der Waals surface area (Å²) in [7, 11) is 4.47. The van der Waals surface area contributed by atoms with Crippen LogP contribution in [0.5, 0.6) is 0 Å². The Balaban J connectivity index is 4.23. The molecule has 0 aromatic heterocycles. The zero-order valence-corrected chi connectivity index (χ0v) is 7.67. The van der Waals surface area contributed by atoms with Crippen LogP contribution in [0.2, 0.25) is 0 Å². The molecule has 0 saturated heterocycles. The van der Waals surface area contributed by atoms with Gasteiger partial charge in [-0.3, -0.25) is 9.63 Å². The van der Waals surface area contributed by atoms with Gasteiger partial charge in [0.2, 0.25) is 0 Å². The van der Waals surface area contributed by atoms with Gasteiger partial charge in [0, 0.05) is 14.2 Å². The van der Waals surface area contributed by atoms with E-state index in [4.69, 9.17) is 9.57 Å². The third kappa shape index (κ3) is 2.48. The van der Waals surface area contributed by atoms with Crippen LogP contribution in [-0.2, 0) is 14.4 Å². The molecule has 4 heteroatoms. The van der Waals surface area contributed by atoms with Gasteiger partial charge in [-0.1, -0.05) is 0 Å². The maximum absolute atomic E-state index is 11.3. The van der Waals surface area contributed by atoms with Crippen molar-refractivity contribution in [3.8, 4) is 0 Å². The van der Waals surface area contributed by atoms with Gasteiger partial charge in [-0.15, -0.1) is 0 Å². The summed E-state index contributed by atoms with van der Waals surface area (Å²) in [5.41, 5.74) is -0.815. The minimum Gasteiger partial charge on any atom is -0.369 e. The van der Waals surface area contributed by atoms with E-state index >= 15 is 0 Å². The molecular formula is C7H15NO3. The Labute approximate surface area is 67.0 Å². The Hall–Kier alpha value is -0.610. The smallest absolute Gasteiger partial charge is 0.277 e. The Morgan fingerprint density at radius 1 is 1.36 bits per heavy atom. The Morgan fingerprint density at radius 3 is 2.09 bits per heavy atom. The molecule has 0 saturated carbocycles. The highest BCUT2D eigenvalue weighted by Gasteiger charge is 2.30.